The van der Waals surface area contributed by atoms with Crippen molar-refractivity contribution in [2.45, 2.75) is 64.3 Å². The monoisotopic (exact) mass is 214 g/mol. The maximum absolute atomic E-state index is 5.50. The smallest absolute Gasteiger partial charge is 0.194 e. The van der Waals surface area contributed by atoms with Gasteiger partial charge in [-0.15, -0.1) is 0 Å². The maximum Gasteiger partial charge on any atom is 0.194 e. The fourth-order valence-electron chi connectivity index (χ4n) is 2.56. The molecule has 3 heteroatoms. The van der Waals surface area contributed by atoms with E-state index in [0.717, 1.165) is 25.9 Å². The van der Waals surface area contributed by atoms with Gasteiger partial charge in [0.1, 0.15) is 5.60 Å². The van der Waals surface area contributed by atoms with Gasteiger partial charge in [0.15, 0.2) is 6.29 Å². The predicted octanol–water partition coefficient (Wildman–Crippen LogP) is 3.04. The number of hydrogen-bond donors (Lipinski definition) is 0. The first-order valence-electron chi connectivity index (χ1n) is 6.19. The summed E-state index contributed by atoms with van der Waals surface area (Å²) in [6.45, 7) is 5.21. The molecule has 0 radical (unpaired) electrons. The second-order valence-corrected chi connectivity index (χ2v) is 5.08. The molecular formula is C12H22O3. The van der Waals surface area contributed by atoms with Crippen molar-refractivity contribution in [1.29, 1.82) is 0 Å². The molecule has 88 valence electrons. The average molecular weight is 214 g/mol. The molecule has 3 nitrogen and oxygen atoms in total. The highest BCUT2D eigenvalue weighted by Crippen LogP contribution is 2.39. The SMILES string of the molecule is CCCCCC1(C)C[C@@H]2CCO[C@@H]2OO1. The van der Waals surface area contributed by atoms with Gasteiger partial charge in [0.25, 0.3) is 0 Å². The van der Waals surface area contributed by atoms with Gasteiger partial charge >= 0.3 is 0 Å². The first-order valence-corrected chi connectivity index (χ1v) is 6.19. The van der Waals surface area contributed by atoms with E-state index in [2.05, 4.69) is 13.8 Å². The number of ether oxygens (including phenoxy) is 1. The predicted molar refractivity (Wildman–Crippen MR) is 57.2 cm³/mol. The van der Waals surface area contributed by atoms with Crippen LogP contribution < -0.4 is 0 Å². The quantitative estimate of drug-likeness (QED) is 0.532. The van der Waals surface area contributed by atoms with E-state index < -0.39 is 0 Å². The number of fused-ring (bicyclic) bond motifs is 1. The van der Waals surface area contributed by atoms with Crippen LogP contribution in [-0.4, -0.2) is 18.5 Å². The lowest BCUT2D eigenvalue weighted by Gasteiger charge is -2.37. The summed E-state index contributed by atoms with van der Waals surface area (Å²) in [6, 6.07) is 0. The average Bonchev–Trinajstić information content (AvgIpc) is 2.64. The lowest BCUT2D eigenvalue weighted by molar-refractivity contribution is -0.449. The van der Waals surface area contributed by atoms with E-state index in [1.165, 1.54) is 19.3 Å². The number of hydrogen-bond acceptors (Lipinski definition) is 3. The third-order valence-corrected chi connectivity index (χ3v) is 3.50. The Morgan fingerprint density at radius 2 is 2.20 bits per heavy atom. The molecule has 2 fully saturated rings. The first-order chi connectivity index (χ1) is 7.23. The highest BCUT2D eigenvalue weighted by molar-refractivity contribution is 4.84. The Morgan fingerprint density at radius 3 is 3.00 bits per heavy atom. The molecule has 0 aromatic rings. The zero-order valence-corrected chi connectivity index (χ0v) is 9.83. The first kappa shape index (κ1) is 11.4. The fourth-order valence-corrected chi connectivity index (χ4v) is 2.56. The molecule has 0 amide bonds. The lowest BCUT2D eigenvalue weighted by Crippen LogP contribution is -2.41. The Balaban J connectivity index is 1.81. The summed E-state index contributed by atoms with van der Waals surface area (Å²) in [5, 5.41) is 0. The molecule has 0 aromatic heterocycles. The Hall–Kier alpha value is -0.120. The van der Waals surface area contributed by atoms with Crippen molar-refractivity contribution in [2.75, 3.05) is 6.61 Å². The van der Waals surface area contributed by atoms with Crippen molar-refractivity contribution in [3.63, 3.8) is 0 Å². The second-order valence-electron chi connectivity index (χ2n) is 5.08. The van der Waals surface area contributed by atoms with Crippen LogP contribution in [0.4, 0.5) is 0 Å². The summed E-state index contributed by atoms with van der Waals surface area (Å²) in [7, 11) is 0. The number of rotatable bonds is 4. The molecule has 0 aromatic carbocycles. The molecule has 2 aliphatic heterocycles. The van der Waals surface area contributed by atoms with Crippen molar-refractivity contribution < 1.29 is 14.5 Å². The van der Waals surface area contributed by atoms with Crippen molar-refractivity contribution in [3.8, 4) is 0 Å². The summed E-state index contributed by atoms with van der Waals surface area (Å²) < 4.78 is 5.43. The van der Waals surface area contributed by atoms with Gasteiger partial charge in [-0.2, -0.15) is 0 Å². The molecule has 2 aliphatic rings. The molecule has 0 N–H and O–H groups in total. The van der Waals surface area contributed by atoms with Crippen molar-refractivity contribution in [1.82, 2.24) is 0 Å². The van der Waals surface area contributed by atoms with Gasteiger partial charge in [-0.25, -0.2) is 9.78 Å². The van der Waals surface area contributed by atoms with Crippen LogP contribution in [0, 0.1) is 5.92 Å². The minimum atomic E-state index is -0.0933. The molecule has 0 saturated carbocycles. The van der Waals surface area contributed by atoms with Gasteiger partial charge in [-0.05, 0) is 26.2 Å². The van der Waals surface area contributed by atoms with Crippen molar-refractivity contribution >= 4 is 0 Å². The van der Waals surface area contributed by atoms with Crippen molar-refractivity contribution in [3.05, 3.63) is 0 Å². The van der Waals surface area contributed by atoms with E-state index in [-0.39, 0.29) is 11.9 Å². The third kappa shape index (κ3) is 2.71. The number of unbranched alkanes of at least 4 members (excludes halogenated alkanes) is 2. The van der Waals surface area contributed by atoms with Gasteiger partial charge in [0.05, 0.1) is 6.61 Å². The normalized spacial score (nSPS) is 40.4. The Kier molecular flexibility index (Phi) is 3.65. The molecule has 0 bridgehead atoms. The molecule has 0 spiro atoms. The summed E-state index contributed by atoms with van der Waals surface area (Å²) in [4.78, 5) is 10.8. The van der Waals surface area contributed by atoms with Crippen LogP contribution in [0.25, 0.3) is 0 Å². The summed E-state index contributed by atoms with van der Waals surface area (Å²) >= 11 is 0. The Labute approximate surface area is 92.0 Å². The van der Waals surface area contributed by atoms with Crippen LogP contribution in [0.2, 0.25) is 0 Å². The van der Waals surface area contributed by atoms with E-state index in [0.29, 0.717) is 5.92 Å². The standard InChI is InChI=1S/C12H22O3/c1-3-4-5-7-12(2)9-10-6-8-13-11(10)14-15-12/h10-11H,3-9H2,1-2H3/t10-,11+,12?/m0/s1. The molecule has 1 unspecified atom stereocenters. The van der Waals surface area contributed by atoms with Gasteiger partial charge in [0, 0.05) is 5.92 Å². The summed E-state index contributed by atoms with van der Waals surface area (Å²) in [6.07, 6.45) is 6.98. The van der Waals surface area contributed by atoms with Gasteiger partial charge in [-0.1, -0.05) is 26.2 Å². The molecule has 0 aliphatic carbocycles. The Bertz CT molecular complexity index is 207. The topological polar surface area (TPSA) is 27.7 Å². The lowest BCUT2D eigenvalue weighted by atomic mass is 9.86. The summed E-state index contributed by atoms with van der Waals surface area (Å²) in [5.74, 6) is 0.547. The van der Waals surface area contributed by atoms with E-state index in [1.807, 2.05) is 0 Å². The molecule has 3 atom stereocenters. The van der Waals surface area contributed by atoms with Crippen LogP contribution in [0.15, 0.2) is 0 Å². The molecule has 2 saturated heterocycles. The maximum atomic E-state index is 5.50. The molecular weight excluding hydrogens is 192 g/mol. The minimum absolute atomic E-state index is 0.0793. The van der Waals surface area contributed by atoms with Crippen LogP contribution in [0.5, 0.6) is 0 Å². The fraction of sp³-hybridized carbons (Fsp3) is 1.00. The van der Waals surface area contributed by atoms with Crippen LogP contribution in [0.1, 0.15) is 52.4 Å². The van der Waals surface area contributed by atoms with E-state index in [1.54, 1.807) is 0 Å². The van der Waals surface area contributed by atoms with Crippen LogP contribution >= 0.6 is 0 Å². The van der Waals surface area contributed by atoms with Crippen LogP contribution in [-0.2, 0) is 14.5 Å². The van der Waals surface area contributed by atoms with E-state index in [9.17, 15) is 0 Å². The highest BCUT2D eigenvalue weighted by Gasteiger charge is 2.43. The molecule has 2 heterocycles. The molecule has 2 rings (SSSR count). The third-order valence-electron chi connectivity index (χ3n) is 3.50. The van der Waals surface area contributed by atoms with Crippen LogP contribution in [0.3, 0.4) is 0 Å². The second kappa shape index (κ2) is 4.81. The zero-order chi connectivity index (χ0) is 10.7. The van der Waals surface area contributed by atoms with Gasteiger partial charge in [0.2, 0.25) is 0 Å². The minimum Gasteiger partial charge on any atom is -0.349 e. The highest BCUT2D eigenvalue weighted by atomic mass is 17.2. The van der Waals surface area contributed by atoms with Gasteiger partial charge in [-0.3, -0.25) is 0 Å². The van der Waals surface area contributed by atoms with Gasteiger partial charge < -0.3 is 4.74 Å². The van der Waals surface area contributed by atoms with Crippen molar-refractivity contribution in [2.24, 2.45) is 5.92 Å². The largest absolute Gasteiger partial charge is 0.349 e. The van der Waals surface area contributed by atoms with E-state index >= 15 is 0 Å². The molecule has 15 heavy (non-hydrogen) atoms. The Morgan fingerprint density at radius 1 is 1.33 bits per heavy atom. The zero-order valence-electron chi connectivity index (χ0n) is 9.83. The van der Waals surface area contributed by atoms with E-state index in [4.69, 9.17) is 14.5 Å². The summed E-state index contributed by atoms with van der Waals surface area (Å²) in [5.41, 5.74) is -0.0793.